The summed E-state index contributed by atoms with van der Waals surface area (Å²) in [6, 6.07) is 15.8. The highest BCUT2D eigenvalue weighted by atomic mass is 35.5. The first-order valence-electron chi connectivity index (χ1n) is 6.35. The lowest BCUT2D eigenvalue weighted by molar-refractivity contribution is 0.243. The Bertz CT molecular complexity index is 528. The van der Waals surface area contributed by atoms with E-state index in [2.05, 4.69) is 17.4 Å². The maximum atomic E-state index is 9.56. The van der Waals surface area contributed by atoms with E-state index in [-0.39, 0.29) is 12.6 Å². The van der Waals surface area contributed by atoms with Gasteiger partial charge in [0.15, 0.2) is 0 Å². The second-order valence-electron chi connectivity index (χ2n) is 4.60. The van der Waals surface area contributed by atoms with Crippen LogP contribution in [0.5, 0.6) is 0 Å². The summed E-state index contributed by atoms with van der Waals surface area (Å²) >= 11 is 5.95. The average molecular weight is 276 g/mol. The lowest BCUT2D eigenvalue weighted by atomic mass is 10.0. The number of rotatable bonds is 5. The molecule has 1 unspecified atom stereocenters. The van der Waals surface area contributed by atoms with E-state index in [9.17, 15) is 5.11 Å². The van der Waals surface area contributed by atoms with Gasteiger partial charge in [0.2, 0.25) is 0 Å². The van der Waals surface area contributed by atoms with Gasteiger partial charge in [0, 0.05) is 11.6 Å². The first kappa shape index (κ1) is 14.1. The smallest absolute Gasteiger partial charge is 0.0626 e. The van der Waals surface area contributed by atoms with Gasteiger partial charge in [-0.05, 0) is 35.7 Å². The molecular weight excluding hydrogens is 258 g/mol. The van der Waals surface area contributed by atoms with Crippen molar-refractivity contribution >= 4 is 11.6 Å². The van der Waals surface area contributed by atoms with Gasteiger partial charge >= 0.3 is 0 Å². The highest BCUT2D eigenvalue weighted by molar-refractivity contribution is 6.30. The largest absolute Gasteiger partial charge is 0.394 e. The molecular formula is C16H18ClNO. The maximum Gasteiger partial charge on any atom is 0.0626 e. The third kappa shape index (κ3) is 3.80. The Morgan fingerprint density at radius 2 is 1.89 bits per heavy atom. The first-order valence-corrected chi connectivity index (χ1v) is 6.72. The number of halogens is 1. The fourth-order valence-corrected chi connectivity index (χ4v) is 2.37. The standard InChI is InChI=1S/C16H18ClNO/c1-12-9-14(17)7-8-15(12)16(11-19)18-10-13-5-3-2-4-6-13/h2-9,16,18-19H,10-11H2,1H3. The van der Waals surface area contributed by atoms with Crippen molar-refractivity contribution in [2.24, 2.45) is 0 Å². The Balaban J connectivity index is 2.08. The van der Waals surface area contributed by atoms with Crippen LogP contribution < -0.4 is 5.32 Å². The minimum absolute atomic E-state index is 0.0648. The molecule has 3 heteroatoms. The summed E-state index contributed by atoms with van der Waals surface area (Å²) in [7, 11) is 0. The molecule has 2 aromatic rings. The number of benzene rings is 2. The molecule has 0 saturated heterocycles. The summed E-state index contributed by atoms with van der Waals surface area (Å²) in [5.74, 6) is 0. The molecule has 0 fully saturated rings. The normalized spacial score (nSPS) is 12.4. The van der Waals surface area contributed by atoms with Gasteiger partial charge in [0.1, 0.15) is 0 Å². The molecule has 2 nitrogen and oxygen atoms in total. The summed E-state index contributed by atoms with van der Waals surface area (Å²) in [4.78, 5) is 0. The van der Waals surface area contributed by atoms with E-state index in [0.717, 1.165) is 22.7 Å². The number of hydrogen-bond acceptors (Lipinski definition) is 2. The van der Waals surface area contributed by atoms with Crippen molar-refractivity contribution in [3.05, 3.63) is 70.2 Å². The molecule has 0 saturated carbocycles. The van der Waals surface area contributed by atoms with Crippen molar-refractivity contribution in [3.8, 4) is 0 Å². The topological polar surface area (TPSA) is 32.3 Å². The van der Waals surface area contributed by atoms with Crippen molar-refractivity contribution in [2.45, 2.75) is 19.5 Å². The molecule has 0 radical (unpaired) electrons. The van der Waals surface area contributed by atoms with Crippen molar-refractivity contribution < 1.29 is 5.11 Å². The Morgan fingerprint density at radius 3 is 2.53 bits per heavy atom. The van der Waals surface area contributed by atoms with Crippen LogP contribution in [0, 0.1) is 6.92 Å². The van der Waals surface area contributed by atoms with E-state index in [1.54, 1.807) is 0 Å². The van der Waals surface area contributed by atoms with E-state index in [1.807, 2.05) is 43.3 Å². The average Bonchev–Trinajstić information content (AvgIpc) is 2.42. The molecule has 2 N–H and O–H groups in total. The third-order valence-corrected chi connectivity index (χ3v) is 3.42. The Hall–Kier alpha value is -1.35. The predicted octanol–water partition coefficient (Wildman–Crippen LogP) is 3.47. The summed E-state index contributed by atoms with van der Waals surface area (Å²) < 4.78 is 0. The molecule has 2 aromatic carbocycles. The molecule has 0 aliphatic rings. The maximum absolute atomic E-state index is 9.56. The van der Waals surface area contributed by atoms with Crippen molar-refractivity contribution in [2.75, 3.05) is 6.61 Å². The zero-order valence-corrected chi connectivity index (χ0v) is 11.7. The molecule has 0 aromatic heterocycles. The lowest BCUT2D eigenvalue weighted by Crippen LogP contribution is -2.24. The second-order valence-corrected chi connectivity index (χ2v) is 5.04. The van der Waals surface area contributed by atoms with Crippen LogP contribution >= 0.6 is 11.6 Å². The van der Waals surface area contributed by atoms with E-state index in [4.69, 9.17) is 11.6 Å². The van der Waals surface area contributed by atoms with E-state index >= 15 is 0 Å². The van der Waals surface area contributed by atoms with E-state index in [0.29, 0.717) is 0 Å². The van der Waals surface area contributed by atoms with Gasteiger partial charge in [-0.25, -0.2) is 0 Å². The summed E-state index contributed by atoms with van der Waals surface area (Å²) in [5.41, 5.74) is 3.38. The van der Waals surface area contributed by atoms with Crippen molar-refractivity contribution in [1.29, 1.82) is 0 Å². The summed E-state index contributed by atoms with van der Waals surface area (Å²) in [6.07, 6.45) is 0. The molecule has 2 rings (SSSR count). The number of aliphatic hydroxyl groups excluding tert-OH is 1. The van der Waals surface area contributed by atoms with Crippen LogP contribution in [-0.2, 0) is 6.54 Å². The van der Waals surface area contributed by atoms with Crippen LogP contribution in [0.25, 0.3) is 0 Å². The quantitative estimate of drug-likeness (QED) is 0.876. The minimum atomic E-state index is -0.0718. The zero-order valence-electron chi connectivity index (χ0n) is 10.9. The van der Waals surface area contributed by atoms with Gasteiger partial charge in [-0.15, -0.1) is 0 Å². The SMILES string of the molecule is Cc1cc(Cl)ccc1C(CO)NCc1ccccc1. The number of aryl methyl sites for hydroxylation is 1. The van der Waals surface area contributed by atoms with Gasteiger partial charge in [0.25, 0.3) is 0 Å². The van der Waals surface area contributed by atoms with E-state index in [1.165, 1.54) is 5.56 Å². The molecule has 0 heterocycles. The Kier molecular flexibility index (Phi) is 4.97. The molecule has 1 atom stereocenters. The predicted molar refractivity (Wildman–Crippen MR) is 79.3 cm³/mol. The van der Waals surface area contributed by atoms with Crippen molar-refractivity contribution in [3.63, 3.8) is 0 Å². The number of nitrogens with one attached hydrogen (secondary N) is 1. The third-order valence-electron chi connectivity index (χ3n) is 3.19. The van der Waals surface area contributed by atoms with Gasteiger partial charge < -0.3 is 10.4 Å². The van der Waals surface area contributed by atoms with Gasteiger partial charge in [-0.2, -0.15) is 0 Å². The molecule has 100 valence electrons. The molecule has 0 spiro atoms. The van der Waals surface area contributed by atoms with Gasteiger partial charge in [-0.3, -0.25) is 0 Å². The Morgan fingerprint density at radius 1 is 1.16 bits per heavy atom. The highest BCUT2D eigenvalue weighted by Crippen LogP contribution is 2.21. The molecule has 0 bridgehead atoms. The monoisotopic (exact) mass is 275 g/mol. The van der Waals surface area contributed by atoms with Crippen LogP contribution in [0.2, 0.25) is 5.02 Å². The molecule has 0 aliphatic heterocycles. The van der Waals surface area contributed by atoms with Crippen LogP contribution in [0.3, 0.4) is 0 Å². The summed E-state index contributed by atoms with van der Waals surface area (Å²) in [6.45, 7) is 2.80. The first-order chi connectivity index (χ1) is 9.20. The van der Waals surface area contributed by atoms with Crippen LogP contribution in [0.4, 0.5) is 0 Å². The summed E-state index contributed by atoms with van der Waals surface area (Å²) in [5, 5.41) is 13.6. The lowest BCUT2D eigenvalue weighted by Gasteiger charge is -2.19. The minimum Gasteiger partial charge on any atom is -0.394 e. The van der Waals surface area contributed by atoms with Gasteiger partial charge in [0.05, 0.1) is 12.6 Å². The van der Waals surface area contributed by atoms with Crippen molar-refractivity contribution in [1.82, 2.24) is 5.32 Å². The highest BCUT2D eigenvalue weighted by Gasteiger charge is 2.12. The van der Waals surface area contributed by atoms with Crippen LogP contribution in [-0.4, -0.2) is 11.7 Å². The number of aliphatic hydroxyl groups is 1. The fraction of sp³-hybridized carbons (Fsp3) is 0.250. The fourth-order valence-electron chi connectivity index (χ4n) is 2.14. The molecule has 19 heavy (non-hydrogen) atoms. The van der Waals surface area contributed by atoms with E-state index < -0.39 is 0 Å². The number of hydrogen-bond donors (Lipinski definition) is 2. The second kappa shape index (κ2) is 6.71. The van der Waals surface area contributed by atoms with Crippen LogP contribution in [0.15, 0.2) is 48.5 Å². The zero-order chi connectivity index (χ0) is 13.7. The molecule has 0 amide bonds. The Labute approximate surface area is 119 Å². The van der Waals surface area contributed by atoms with Gasteiger partial charge in [-0.1, -0.05) is 48.0 Å². The van der Waals surface area contributed by atoms with Crippen LogP contribution in [0.1, 0.15) is 22.7 Å². The molecule has 0 aliphatic carbocycles.